The predicted octanol–water partition coefficient (Wildman–Crippen LogP) is -1.27. The number of nitrogens with one attached hydrogen (secondary N) is 3. The third-order valence-electron chi connectivity index (χ3n) is 5.39. The van der Waals surface area contributed by atoms with Crippen LogP contribution in [-0.2, 0) is 24.0 Å². The Kier molecular flexibility index (Phi) is 18.4. The van der Waals surface area contributed by atoms with Gasteiger partial charge in [0.1, 0.15) is 18.1 Å². The number of aliphatic carboxylic acids is 2. The molecule has 0 aromatic heterocycles. The number of carboxylic acid groups (broad SMARTS) is 2. The molecule has 0 spiro atoms. The van der Waals surface area contributed by atoms with Crippen molar-refractivity contribution < 1.29 is 34.2 Å². The van der Waals surface area contributed by atoms with E-state index < -0.39 is 53.8 Å². The number of carbonyl (C=O) groups is 5. The van der Waals surface area contributed by atoms with Crippen LogP contribution in [0.15, 0.2) is 0 Å². The van der Waals surface area contributed by atoms with Gasteiger partial charge in [0.15, 0.2) is 0 Å². The summed E-state index contributed by atoms with van der Waals surface area (Å²) in [7, 11) is 0. The second-order valence-corrected chi connectivity index (χ2v) is 9.40. The van der Waals surface area contributed by atoms with Gasteiger partial charge in [-0.15, -0.1) is 0 Å². The summed E-state index contributed by atoms with van der Waals surface area (Å²) in [6.07, 6.45) is 4.32. The molecule has 14 heteroatoms. The molecule has 36 heavy (non-hydrogen) atoms. The molecule has 0 aliphatic carbocycles. The summed E-state index contributed by atoms with van der Waals surface area (Å²) in [4.78, 5) is 60.8. The van der Waals surface area contributed by atoms with Gasteiger partial charge in [-0.05, 0) is 76.5 Å². The molecule has 0 heterocycles. The largest absolute Gasteiger partial charge is 0.481 e. The molecule has 0 aliphatic rings. The summed E-state index contributed by atoms with van der Waals surface area (Å²) >= 11 is 1.45. The van der Waals surface area contributed by atoms with Crippen molar-refractivity contribution >= 4 is 41.4 Å². The standard InChI is InChI=1S/C22H42N6O7S/c1-36-13-10-17(22(34)35)28-21(33)16(7-3-5-12-24)27-20(32)15(6-2-4-11-23)26-19(31)14(25)8-9-18(29)30/h14-17H,2-13,23-25H2,1H3,(H,26,31)(H,27,32)(H,28,33)(H,29,30)(H,34,35). The minimum atomic E-state index is -1.17. The van der Waals surface area contributed by atoms with E-state index in [0.717, 1.165) is 0 Å². The lowest BCUT2D eigenvalue weighted by molar-refractivity contribution is -0.142. The number of carbonyl (C=O) groups excluding carboxylic acids is 3. The highest BCUT2D eigenvalue weighted by Crippen LogP contribution is 2.08. The highest BCUT2D eigenvalue weighted by Gasteiger charge is 2.30. The summed E-state index contributed by atoms with van der Waals surface area (Å²) in [5, 5.41) is 25.9. The Labute approximate surface area is 216 Å². The first-order chi connectivity index (χ1) is 17.1. The molecule has 0 radical (unpaired) electrons. The normalized spacial score (nSPS) is 14.2. The fraction of sp³-hybridized carbons (Fsp3) is 0.773. The number of hydrogen-bond donors (Lipinski definition) is 8. The number of carboxylic acids is 2. The summed E-state index contributed by atoms with van der Waals surface area (Å²) in [5.41, 5.74) is 16.8. The Morgan fingerprint density at radius 3 is 1.61 bits per heavy atom. The van der Waals surface area contributed by atoms with Crippen LogP contribution in [0.5, 0.6) is 0 Å². The molecule has 0 aromatic rings. The molecule has 13 nitrogen and oxygen atoms in total. The Hall–Kier alpha value is -2.42. The topological polar surface area (TPSA) is 240 Å². The summed E-state index contributed by atoms with van der Waals surface area (Å²) in [5.74, 6) is -3.70. The smallest absolute Gasteiger partial charge is 0.326 e. The van der Waals surface area contributed by atoms with E-state index in [1.165, 1.54) is 11.8 Å². The summed E-state index contributed by atoms with van der Waals surface area (Å²) < 4.78 is 0. The van der Waals surface area contributed by atoms with E-state index in [4.69, 9.17) is 22.3 Å². The highest BCUT2D eigenvalue weighted by atomic mass is 32.2. The van der Waals surface area contributed by atoms with Crippen molar-refractivity contribution in [1.82, 2.24) is 16.0 Å². The van der Waals surface area contributed by atoms with Crippen molar-refractivity contribution in [2.75, 3.05) is 25.1 Å². The lowest BCUT2D eigenvalue weighted by Gasteiger charge is -2.25. The highest BCUT2D eigenvalue weighted by molar-refractivity contribution is 7.98. The third kappa shape index (κ3) is 14.9. The van der Waals surface area contributed by atoms with E-state index in [1.807, 2.05) is 6.26 Å². The maximum Gasteiger partial charge on any atom is 0.326 e. The number of amides is 3. The fourth-order valence-corrected chi connectivity index (χ4v) is 3.72. The first-order valence-corrected chi connectivity index (χ1v) is 13.5. The van der Waals surface area contributed by atoms with Gasteiger partial charge < -0.3 is 43.4 Å². The molecule has 0 saturated heterocycles. The van der Waals surface area contributed by atoms with Gasteiger partial charge in [0, 0.05) is 6.42 Å². The summed E-state index contributed by atoms with van der Waals surface area (Å²) in [6.45, 7) is 0.775. The van der Waals surface area contributed by atoms with Gasteiger partial charge in [0.25, 0.3) is 0 Å². The van der Waals surface area contributed by atoms with Crippen LogP contribution in [0.1, 0.15) is 57.8 Å². The van der Waals surface area contributed by atoms with Gasteiger partial charge in [-0.3, -0.25) is 19.2 Å². The SMILES string of the molecule is CSCCC(NC(=O)C(CCCCN)NC(=O)C(CCCCN)NC(=O)C(N)CCC(=O)O)C(=O)O. The Morgan fingerprint density at radius 1 is 0.722 bits per heavy atom. The van der Waals surface area contributed by atoms with Gasteiger partial charge >= 0.3 is 11.9 Å². The average molecular weight is 535 g/mol. The van der Waals surface area contributed by atoms with Crippen molar-refractivity contribution in [3.63, 3.8) is 0 Å². The number of rotatable bonds is 21. The Bertz CT molecular complexity index is 712. The number of hydrogen-bond acceptors (Lipinski definition) is 9. The molecule has 4 atom stereocenters. The molecule has 0 saturated carbocycles. The van der Waals surface area contributed by atoms with Gasteiger partial charge in [0.2, 0.25) is 17.7 Å². The molecule has 11 N–H and O–H groups in total. The lowest BCUT2D eigenvalue weighted by atomic mass is 10.0. The molecular weight excluding hydrogens is 492 g/mol. The first kappa shape index (κ1) is 33.6. The summed E-state index contributed by atoms with van der Waals surface area (Å²) in [6, 6.07) is -4.29. The maximum absolute atomic E-state index is 13.1. The zero-order chi connectivity index (χ0) is 27.5. The van der Waals surface area contributed by atoms with E-state index in [1.54, 1.807) is 0 Å². The second kappa shape index (κ2) is 19.7. The predicted molar refractivity (Wildman–Crippen MR) is 137 cm³/mol. The fourth-order valence-electron chi connectivity index (χ4n) is 3.25. The zero-order valence-corrected chi connectivity index (χ0v) is 21.7. The lowest BCUT2D eigenvalue weighted by Crippen LogP contribution is -2.57. The van der Waals surface area contributed by atoms with Crippen LogP contribution in [0, 0.1) is 0 Å². The van der Waals surface area contributed by atoms with E-state index in [2.05, 4.69) is 16.0 Å². The monoisotopic (exact) mass is 534 g/mol. The Morgan fingerprint density at radius 2 is 1.19 bits per heavy atom. The van der Waals surface area contributed by atoms with Gasteiger partial charge in [-0.1, -0.05) is 0 Å². The molecule has 0 aliphatic heterocycles. The maximum atomic E-state index is 13.1. The van der Waals surface area contributed by atoms with Crippen LogP contribution < -0.4 is 33.2 Å². The van der Waals surface area contributed by atoms with Gasteiger partial charge in [0.05, 0.1) is 6.04 Å². The van der Waals surface area contributed by atoms with Gasteiger partial charge in [-0.25, -0.2) is 4.79 Å². The zero-order valence-electron chi connectivity index (χ0n) is 20.9. The van der Waals surface area contributed by atoms with E-state index in [-0.39, 0.29) is 32.1 Å². The van der Waals surface area contributed by atoms with Gasteiger partial charge in [-0.2, -0.15) is 11.8 Å². The Balaban J connectivity index is 5.47. The minimum absolute atomic E-state index is 0.102. The van der Waals surface area contributed by atoms with Crippen molar-refractivity contribution in [1.29, 1.82) is 0 Å². The van der Waals surface area contributed by atoms with E-state index in [9.17, 15) is 29.1 Å². The van der Waals surface area contributed by atoms with Crippen LogP contribution in [0.3, 0.4) is 0 Å². The number of unbranched alkanes of at least 4 members (excludes halogenated alkanes) is 2. The molecule has 0 rings (SSSR count). The minimum Gasteiger partial charge on any atom is -0.481 e. The van der Waals surface area contributed by atoms with E-state index in [0.29, 0.717) is 44.5 Å². The number of nitrogens with two attached hydrogens (primary N) is 3. The van der Waals surface area contributed by atoms with Crippen LogP contribution in [0.25, 0.3) is 0 Å². The molecule has 4 unspecified atom stereocenters. The van der Waals surface area contributed by atoms with Crippen LogP contribution in [0.4, 0.5) is 0 Å². The molecular formula is C22H42N6O7S. The molecule has 0 aromatic carbocycles. The van der Waals surface area contributed by atoms with Crippen molar-refractivity contribution in [2.45, 2.75) is 82.0 Å². The molecule has 3 amide bonds. The molecule has 208 valence electrons. The second-order valence-electron chi connectivity index (χ2n) is 8.41. The molecule has 0 fully saturated rings. The van der Waals surface area contributed by atoms with Crippen molar-refractivity contribution in [2.24, 2.45) is 17.2 Å². The van der Waals surface area contributed by atoms with Crippen LogP contribution in [-0.4, -0.2) is 89.1 Å². The van der Waals surface area contributed by atoms with Crippen molar-refractivity contribution in [3.8, 4) is 0 Å². The quantitative estimate of drug-likeness (QED) is 0.0807. The first-order valence-electron chi connectivity index (χ1n) is 12.1. The molecule has 0 bridgehead atoms. The third-order valence-corrected chi connectivity index (χ3v) is 6.03. The van der Waals surface area contributed by atoms with E-state index >= 15 is 0 Å². The van der Waals surface area contributed by atoms with Crippen LogP contribution >= 0.6 is 11.8 Å². The van der Waals surface area contributed by atoms with Crippen LogP contribution in [0.2, 0.25) is 0 Å². The number of thioether (sulfide) groups is 1. The average Bonchev–Trinajstić information content (AvgIpc) is 2.83. The van der Waals surface area contributed by atoms with Crippen molar-refractivity contribution in [3.05, 3.63) is 0 Å².